The molecule has 9 nitrogen and oxygen atoms in total. The van der Waals surface area contributed by atoms with Crippen molar-refractivity contribution >= 4 is 18.3 Å². The van der Waals surface area contributed by atoms with Crippen molar-refractivity contribution in [3.8, 4) is 0 Å². The minimum atomic E-state index is -0.0627. The number of tetrazole rings is 1. The molecule has 1 aliphatic heterocycles. The number of rotatable bonds is 5. The van der Waals surface area contributed by atoms with Crippen LogP contribution in [0.5, 0.6) is 0 Å². The minimum Gasteiger partial charge on any atom is -0.467 e. The van der Waals surface area contributed by atoms with E-state index in [1.807, 2.05) is 12.1 Å². The first-order chi connectivity index (χ1) is 12.3. The van der Waals surface area contributed by atoms with E-state index in [1.54, 1.807) is 28.0 Å². The van der Waals surface area contributed by atoms with Gasteiger partial charge < -0.3 is 13.7 Å². The number of carbonyl (C=O) groups excluding carboxylic acids is 1. The monoisotopic (exact) mass is 378 g/mol. The van der Waals surface area contributed by atoms with Gasteiger partial charge in [0.1, 0.15) is 12.3 Å². The van der Waals surface area contributed by atoms with Crippen molar-refractivity contribution in [2.45, 2.75) is 13.1 Å². The standard InChI is InChI=1S/C16H18N6O3.ClH/c23-16(14-4-2-10-25-14)21-7-5-20(6-8-21)12-15-17-18-19-22(15)11-13-3-1-9-24-13;/h1-4,9-10H,5-8,11-12H2;1H. The van der Waals surface area contributed by atoms with Crippen molar-refractivity contribution in [3.05, 3.63) is 54.1 Å². The van der Waals surface area contributed by atoms with Crippen LogP contribution < -0.4 is 0 Å². The zero-order valence-electron chi connectivity index (χ0n) is 14.0. The van der Waals surface area contributed by atoms with E-state index in [4.69, 9.17) is 8.83 Å². The lowest BCUT2D eigenvalue weighted by molar-refractivity contribution is 0.0593. The molecule has 0 atom stereocenters. The van der Waals surface area contributed by atoms with Crippen molar-refractivity contribution in [1.29, 1.82) is 0 Å². The van der Waals surface area contributed by atoms with Gasteiger partial charge in [-0.3, -0.25) is 9.69 Å². The Labute approximate surface area is 156 Å². The highest BCUT2D eigenvalue weighted by Gasteiger charge is 2.24. The van der Waals surface area contributed by atoms with Crippen molar-refractivity contribution in [3.63, 3.8) is 0 Å². The predicted molar refractivity (Wildman–Crippen MR) is 92.8 cm³/mol. The summed E-state index contributed by atoms with van der Waals surface area (Å²) in [5, 5.41) is 11.9. The molecule has 138 valence electrons. The number of carbonyl (C=O) groups is 1. The van der Waals surface area contributed by atoms with Crippen LogP contribution in [-0.2, 0) is 13.1 Å². The number of hydrogen-bond donors (Lipinski definition) is 0. The summed E-state index contributed by atoms with van der Waals surface area (Å²) in [6.07, 6.45) is 3.15. The molecular weight excluding hydrogens is 360 g/mol. The number of piperazine rings is 1. The Hall–Kier alpha value is -2.65. The molecule has 10 heteroatoms. The normalized spacial score (nSPS) is 15.0. The van der Waals surface area contributed by atoms with Gasteiger partial charge in [-0.05, 0) is 34.7 Å². The van der Waals surface area contributed by atoms with Crippen LogP contribution in [0.4, 0.5) is 0 Å². The second-order valence-electron chi connectivity index (χ2n) is 5.88. The highest BCUT2D eigenvalue weighted by atomic mass is 35.5. The number of furan rings is 2. The molecule has 1 fully saturated rings. The zero-order chi connectivity index (χ0) is 17.1. The Morgan fingerprint density at radius 1 is 1.04 bits per heavy atom. The summed E-state index contributed by atoms with van der Waals surface area (Å²) in [6.45, 7) is 3.97. The molecule has 0 bridgehead atoms. The van der Waals surface area contributed by atoms with Crippen LogP contribution in [0, 0.1) is 0 Å². The van der Waals surface area contributed by atoms with Crippen molar-refractivity contribution in [2.75, 3.05) is 26.2 Å². The van der Waals surface area contributed by atoms with Crippen LogP contribution in [0.1, 0.15) is 22.1 Å². The van der Waals surface area contributed by atoms with E-state index in [2.05, 4.69) is 20.4 Å². The molecule has 4 rings (SSSR count). The number of nitrogens with zero attached hydrogens (tertiary/aromatic N) is 6. The van der Waals surface area contributed by atoms with Crippen LogP contribution in [0.15, 0.2) is 45.6 Å². The Morgan fingerprint density at radius 3 is 2.50 bits per heavy atom. The SMILES string of the molecule is Cl.O=C(c1ccco1)N1CCN(Cc2nnnn2Cc2ccco2)CC1. The molecule has 0 unspecified atom stereocenters. The summed E-state index contributed by atoms with van der Waals surface area (Å²) in [5.74, 6) is 1.91. The molecule has 1 aliphatic rings. The first kappa shape index (κ1) is 18.2. The second kappa shape index (κ2) is 8.15. The first-order valence-corrected chi connectivity index (χ1v) is 8.12. The summed E-state index contributed by atoms with van der Waals surface area (Å²) < 4.78 is 12.3. The number of amides is 1. The molecule has 3 aromatic heterocycles. The van der Waals surface area contributed by atoms with Crippen molar-refractivity contribution in [2.24, 2.45) is 0 Å². The summed E-state index contributed by atoms with van der Waals surface area (Å²) in [5.41, 5.74) is 0. The third kappa shape index (κ3) is 3.94. The fraction of sp³-hybridized carbons (Fsp3) is 0.375. The number of hydrogen-bond acceptors (Lipinski definition) is 7. The molecule has 3 aromatic rings. The Bertz CT molecular complexity index is 809. The molecule has 1 amide bonds. The lowest BCUT2D eigenvalue weighted by atomic mass is 10.3. The summed E-state index contributed by atoms with van der Waals surface area (Å²) in [4.78, 5) is 16.3. The van der Waals surface area contributed by atoms with Gasteiger partial charge >= 0.3 is 0 Å². The maximum Gasteiger partial charge on any atom is 0.289 e. The molecule has 0 spiro atoms. The molecule has 26 heavy (non-hydrogen) atoms. The van der Waals surface area contributed by atoms with Gasteiger partial charge in [-0.25, -0.2) is 4.68 Å². The highest BCUT2D eigenvalue weighted by Crippen LogP contribution is 2.12. The van der Waals surface area contributed by atoms with E-state index in [0.717, 1.165) is 24.7 Å². The van der Waals surface area contributed by atoms with Crippen molar-refractivity contribution in [1.82, 2.24) is 30.0 Å². The van der Waals surface area contributed by atoms with Gasteiger partial charge in [0.25, 0.3) is 5.91 Å². The lowest BCUT2D eigenvalue weighted by Gasteiger charge is -2.33. The van der Waals surface area contributed by atoms with Crippen molar-refractivity contribution < 1.29 is 13.6 Å². The maximum absolute atomic E-state index is 12.3. The van der Waals surface area contributed by atoms with Gasteiger partial charge in [-0.2, -0.15) is 0 Å². The quantitative estimate of drug-likeness (QED) is 0.660. The molecule has 0 aliphatic carbocycles. The van der Waals surface area contributed by atoms with E-state index in [9.17, 15) is 4.79 Å². The van der Waals surface area contributed by atoms with E-state index in [0.29, 0.717) is 31.9 Å². The minimum absolute atomic E-state index is 0. The molecule has 0 saturated carbocycles. The third-order valence-corrected chi connectivity index (χ3v) is 4.25. The lowest BCUT2D eigenvalue weighted by Crippen LogP contribution is -2.48. The van der Waals surface area contributed by atoms with Gasteiger partial charge in [0, 0.05) is 26.2 Å². The fourth-order valence-electron chi connectivity index (χ4n) is 2.87. The summed E-state index contributed by atoms with van der Waals surface area (Å²) in [6, 6.07) is 7.15. The zero-order valence-corrected chi connectivity index (χ0v) is 14.8. The van der Waals surface area contributed by atoms with Crippen LogP contribution in [0.2, 0.25) is 0 Å². The molecule has 4 heterocycles. The van der Waals surface area contributed by atoms with Crippen LogP contribution in [0.25, 0.3) is 0 Å². The number of halogens is 1. The van der Waals surface area contributed by atoms with E-state index in [-0.39, 0.29) is 18.3 Å². The molecule has 1 saturated heterocycles. The Balaban J connectivity index is 0.00000196. The fourth-order valence-corrected chi connectivity index (χ4v) is 2.87. The predicted octanol–water partition coefficient (Wildman–Crippen LogP) is 1.29. The average Bonchev–Trinajstić information content (AvgIpc) is 3.39. The largest absolute Gasteiger partial charge is 0.467 e. The highest BCUT2D eigenvalue weighted by molar-refractivity contribution is 5.91. The summed E-state index contributed by atoms with van der Waals surface area (Å²) in [7, 11) is 0. The van der Waals surface area contributed by atoms with Gasteiger partial charge in [-0.1, -0.05) is 0 Å². The second-order valence-corrected chi connectivity index (χ2v) is 5.88. The maximum atomic E-state index is 12.3. The van der Waals surface area contributed by atoms with Gasteiger partial charge in [-0.15, -0.1) is 17.5 Å². The summed E-state index contributed by atoms with van der Waals surface area (Å²) >= 11 is 0. The van der Waals surface area contributed by atoms with Crippen LogP contribution in [-0.4, -0.2) is 62.1 Å². The van der Waals surface area contributed by atoms with Gasteiger partial charge in [0.2, 0.25) is 0 Å². The molecule has 0 radical (unpaired) electrons. The average molecular weight is 379 g/mol. The molecule has 0 N–H and O–H groups in total. The third-order valence-electron chi connectivity index (χ3n) is 4.25. The Kier molecular flexibility index (Phi) is 5.69. The van der Waals surface area contributed by atoms with E-state index >= 15 is 0 Å². The number of aromatic nitrogens is 4. The molecular formula is C16H19ClN6O3. The van der Waals surface area contributed by atoms with Gasteiger partial charge in [0.15, 0.2) is 11.6 Å². The van der Waals surface area contributed by atoms with Crippen LogP contribution >= 0.6 is 12.4 Å². The van der Waals surface area contributed by atoms with E-state index in [1.165, 1.54) is 6.26 Å². The van der Waals surface area contributed by atoms with Crippen LogP contribution in [0.3, 0.4) is 0 Å². The van der Waals surface area contributed by atoms with Gasteiger partial charge in [0.05, 0.1) is 19.1 Å². The molecule has 0 aromatic carbocycles. The topological polar surface area (TPSA) is 93.4 Å². The van der Waals surface area contributed by atoms with E-state index < -0.39 is 0 Å². The Morgan fingerprint density at radius 2 is 1.81 bits per heavy atom. The smallest absolute Gasteiger partial charge is 0.289 e. The first-order valence-electron chi connectivity index (χ1n) is 8.12.